The van der Waals surface area contributed by atoms with Gasteiger partial charge >= 0.3 is 0 Å². The average Bonchev–Trinajstić information content (AvgIpc) is 2.77. The van der Waals surface area contributed by atoms with Gasteiger partial charge in [0.1, 0.15) is 11.9 Å². The molecule has 0 heterocycles. The summed E-state index contributed by atoms with van der Waals surface area (Å²) in [6, 6.07) is 2.17. The number of carbonyl (C=O) groups is 2. The second-order valence-electron chi connectivity index (χ2n) is 14.6. The van der Waals surface area contributed by atoms with Gasteiger partial charge in [-0.1, -0.05) is 54.5 Å². The molecule has 1 N–H and O–H groups in total. The zero-order valence-electron chi connectivity index (χ0n) is 23.2. The largest absolute Gasteiger partial charge is 0.396 e. The summed E-state index contributed by atoms with van der Waals surface area (Å²) >= 11 is 0. The molecule has 0 aromatic carbocycles. The lowest BCUT2D eigenvalue weighted by Crippen LogP contribution is -2.61. The van der Waals surface area contributed by atoms with Crippen molar-refractivity contribution in [1.82, 2.24) is 0 Å². The molecule has 0 aliphatic heterocycles. The number of nitrogens with zero attached hydrogens (tertiary/aromatic N) is 1. The second kappa shape index (κ2) is 8.54. The molecule has 4 rings (SSSR count). The normalized spacial score (nSPS) is 47.3. The van der Waals surface area contributed by atoms with E-state index in [2.05, 4.69) is 47.6 Å². The SMILES string of the molecule is CC1CC(C)(C)CC[C@]1(CO)CC[C@]1(C)CC(=O)C[C@@H]2[C@@]3(C)C=C(C#N)C(=O)[C@@H](C)[C@@H]3CC[C@]21C. The fourth-order valence-corrected chi connectivity index (χ4v) is 9.45. The highest BCUT2D eigenvalue weighted by Gasteiger charge is 2.64. The number of rotatable bonds is 4. The maximum absolute atomic E-state index is 13.3. The molecule has 0 spiro atoms. The van der Waals surface area contributed by atoms with E-state index in [0.717, 1.165) is 44.9 Å². The lowest BCUT2D eigenvalue weighted by Gasteiger charge is -2.65. The van der Waals surface area contributed by atoms with Crippen LogP contribution in [0.5, 0.6) is 0 Å². The monoisotopic (exact) mass is 481 g/mol. The van der Waals surface area contributed by atoms with Crippen LogP contribution >= 0.6 is 0 Å². The third-order valence-corrected chi connectivity index (χ3v) is 12.2. The molecule has 4 heteroatoms. The van der Waals surface area contributed by atoms with Crippen LogP contribution in [0.1, 0.15) is 106 Å². The van der Waals surface area contributed by atoms with Crippen molar-refractivity contribution in [2.24, 2.45) is 50.7 Å². The van der Waals surface area contributed by atoms with E-state index in [0.29, 0.717) is 30.0 Å². The van der Waals surface area contributed by atoms with Crippen molar-refractivity contribution in [3.63, 3.8) is 0 Å². The van der Waals surface area contributed by atoms with Crippen LogP contribution in [0.2, 0.25) is 0 Å². The topological polar surface area (TPSA) is 78.2 Å². The van der Waals surface area contributed by atoms with Crippen molar-refractivity contribution in [3.8, 4) is 6.07 Å². The summed E-state index contributed by atoms with van der Waals surface area (Å²) in [5.41, 5.74) is 0.0362. The third-order valence-electron chi connectivity index (χ3n) is 12.2. The van der Waals surface area contributed by atoms with Gasteiger partial charge in [-0.3, -0.25) is 9.59 Å². The maximum atomic E-state index is 13.3. The van der Waals surface area contributed by atoms with Crippen LogP contribution in [0.25, 0.3) is 0 Å². The van der Waals surface area contributed by atoms with Gasteiger partial charge in [-0.05, 0) is 89.8 Å². The van der Waals surface area contributed by atoms with Gasteiger partial charge in [0, 0.05) is 25.4 Å². The Balaban J connectivity index is 1.68. The number of allylic oxidation sites excluding steroid dienone is 2. The van der Waals surface area contributed by atoms with Crippen molar-refractivity contribution in [1.29, 1.82) is 5.26 Å². The number of carbonyl (C=O) groups excluding carboxylic acids is 2. The van der Waals surface area contributed by atoms with E-state index >= 15 is 0 Å². The van der Waals surface area contributed by atoms with E-state index < -0.39 is 0 Å². The predicted molar refractivity (Wildman–Crippen MR) is 138 cm³/mol. The first-order valence-corrected chi connectivity index (χ1v) is 14.0. The minimum atomic E-state index is -0.320. The molecule has 0 saturated heterocycles. The minimum Gasteiger partial charge on any atom is -0.396 e. The Morgan fingerprint density at radius 2 is 1.74 bits per heavy atom. The van der Waals surface area contributed by atoms with E-state index in [-0.39, 0.29) is 57.4 Å². The zero-order valence-corrected chi connectivity index (χ0v) is 23.2. The fourth-order valence-electron chi connectivity index (χ4n) is 9.45. The number of aliphatic hydroxyl groups is 1. The predicted octanol–water partition coefficient (Wildman–Crippen LogP) is 6.67. The van der Waals surface area contributed by atoms with Gasteiger partial charge < -0.3 is 5.11 Å². The first-order valence-electron chi connectivity index (χ1n) is 14.0. The third kappa shape index (κ3) is 3.96. The van der Waals surface area contributed by atoms with Crippen molar-refractivity contribution < 1.29 is 14.7 Å². The number of hydrogen-bond acceptors (Lipinski definition) is 4. The molecule has 3 saturated carbocycles. The van der Waals surface area contributed by atoms with Crippen molar-refractivity contribution in [2.75, 3.05) is 6.61 Å². The Morgan fingerprint density at radius 1 is 1.06 bits per heavy atom. The van der Waals surface area contributed by atoms with Crippen LogP contribution < -0.4 is 0 Å². The average molecular weight is 482 g/mol. The highest BCUT2D eigenvalue weighted by Crippen LogP contribution is 2.69. The minimum absolute atomic E-state index is 0.0254. The molecule has 1 unspecified atom stereocenters. The van der Waals surface area contributed by atoms with E-state index in [9.17, 15) is 20.0 Å². The molecule has 4 aliphatic carbocycles. The maximum Gasteiger partial charge on any atom is 0.176 e. The van der Waals surface area contributed by atoms with Gasteiger partial charge in [0.05, 0.1) is 5.57 Å². The van der Waals surface area contributed by atoms with Crippen LogP contribution in [0.15, 0.2) is 11.6 Å². The zero-order chi connectivity index (χ0) is 26.0. The van der Waals surface area contributed by atoms with Crippen molar-refractivity contribution in [2.45, 2.75) is 106 Å². The lowest BCUT2D eigenvalue weighted by molar-refractivity contribution is -0.169. The van der Waals surface area contributed by atoms with Crippen LogP contribution in [-0.4, -0.2) is 23.3 Å². The first kappa shape index (κ1) is 26.6. The Bertz CT molecular complexity index is 974. The number of fused-ring (bicyclic) bond motifs is 3. The molecule has 4 aliphatic rings. The van der Waals surface area contributed by atoms with Crippen LogP contribution in [0.3, 0.4) is 0 Å². The van der Waals surface area contributed by atoms with Gasteiger partial charge in [0.15, 0.2) is 5.78 Å². The smallest absolute Gasteiger partial charge is 0.176 e. The standard InChI is InChI=1S/C31H47NO3/c1-20-15-27(3,4)10-12-31(20,19-33)13-11-28(5)17-23(34)14-25-29(6)16-22(18-32)26(35)21(2)24(29)8-9-30(25,28)7/h16,20-21,24-25,33H,8-15,17,19H2,1-7H3/t20?,21-,24-,25+,28+,29-,30+,31+/m0/s1. The molecule has 4 nitrogen and oxygen atoms in total. The first-order chi connectivity index (χ1) is 16.2. The Morgan fingerprint density at radius 3 is 2.34 bits per heavy atom. The molecule has 0 amide bonds. The van der Waals surface area contributed by atoms with Gasteiger partial charge in [0.2, 0.25) is 0 Å². The van der Waals surface area contributed by atoms with Gasteiger partial charge in [-0.25, -0.2) is 0 Å². The molecule has 0 bridgehead atoms. The molecule has 3 fully saturated rings. The Labute approximate surface area is 212 Å². The van der Waals surface area contributed by atoms with Crippen LogP contribution in [0, 0.1) is 62.1 Å². The van der Waals surface area contributed by atoms with Gasteiger partial charge in [0.25, 0.3) is 0 Å². The molecule has 8 atom stereocenters. The van der Waals surface area contributed by atoms with Gasteiger partial charge in [-0.2, -0.15) is 5.26 Å². The van der Waals surface area contributed by atoms with Crippen LogP contribution in [-0.2, 0) is 9.59 Å². The summed E-state index contributed by atoms with van der Waals surface area (Å²) in [5, 5.41) is 20.3. The Kier molecular flexibility index (Phi) is 6.49. The van der Waals surface area contributed by atoms with E-state index in [1.807, 2.05) is 13.0 Å². The summed E-state index contributed by atoms with van der Waals surface area (Å²) in [5.74, 6) is 0.905. The molecular weight excluding hydrogens is 434 g/mol. The van der Waals surface area contributed by atoms with E-state index in [1.54, 1.807) is 0 Å². The van der Waals surface area contributed by atoms with E-state index in [4.69, 9.17) is 0 Å². The number of ketones is 2. The number of nitriles is 1. The summed E-state index contributed by atoms with van der Waals surface area (Å²) in [6.45, 7) is 16.2. The Hall–Kier alpha value is -1.47. The molecule has 35 heavy (non-hydrogen) atoms. The number of aliphatic hydroxyl groups excluding tert-OH is 1. The highest BCUT2D eigenvalue weighted by molar-refractivity contribution is 6.01. The lowest BCUT2D eigenvalue weighted by atomic mass is 9.38. The van der Waals surface area contributed by atoms with Crippen molar-refractivity contribution >= 4 is 11.6 Å². The van der Waals surface area contributed by atoms with Crippen molar-refractivity contribution in [3.05, 3.63) is 11.6 Å². The quantitative estimate of drug-likeness (QED) is 0.486. The molecule has 0 radical (unpaired) electrons. The fraction of sp³-hybridized carbons (Fsp3) is 0.839. The molecule has 0 aromatic heterocycles. The van der Waals surface area contributed by atoms with E-state index in [1.165, 1.54) is 0 Å². The summed E-state index contributed by atoms with van der Waals surface area (Å²) in [4.78, 5) is 26.2. The molecule has 194 valence electrons. The molecule has 0 aromatic rings. The summed E-state index contributed by atoms with van der Waals surface area (Å²) < 4.78 is 0. The summed E-state index contributed by atoms with van der Waals surface area (Å²) in [7, 11) is 0. The highest BCUT2D eigenvalue weighted by atomic mass is 16.3. The number of hydrogen-bond donors (Lipinski definition) is 1. The molecular formula is C31H47NO3. The van der Waals surface area contributed by atoms with Gasteiger partial charge in [-0.15, -0.1) is 0 Å². The second-order valence-corrected chi connectivity index (χ2v) is 14.6. The van der Waals surface area contributed by atoms with Crippen LogP contribution in [0.4, 0.5) is 0 Å². The number of Topliss-reactive ketones (excluding diaryl/α,β-unsaturated/α-hetero) is 2. The summed E-state index contributed by atoms with van der Waals surface area (Å²) in [6.07, 6.45) is 10.3.